The van der Waals surface area contributed by atoms with Crippen molar-refractivity contribution in [1.29, 1.82) is 0 Å². The number of hydrogen-bond donors (Lipinski definition) is 14. The van der Waals surface area contributed by atoms with Gasteiger partial charge in [0.05, 0.1) is 19.7 Å². The fourth-order valence-electron chi connectivity index (χ4n) is 9.50. The third-order valence-electron chi connectivity index (χ3n) is 13.7. The monoisotopic (exact) mass is 1220 g/mol. The van der Waals surface area contributed by atoms with Crippen molar-refractivity contribution in [3.63, 3.8) is 0 Å². The van der Waals surface area contributed by atoms with Crippen LogP contribution in [0, 0.1) is 11.8 Å². The quantitative estimate of drug-likeness (QED) is 0.0169. The lowest BCUT2D eigenvalue weighted by atomic mass is 10.0. The van der Waals surface area contributed by atoms with E-state index in [0.717, 1.165) is 10.9 Å². The number of aliphatic hydroxyl groups excluding tert-OH is 1. The average Bonchev–Trinajstić information content (AvgIpc) is 3.91. The van der Waals surface area contributed by atoms with Crippen molar-refractivity contribution in [2.75, 3.05) is 32.8 Å². The number of rotatable bonds is 32. The lowest BCUT2D eigenvalue weighted by Crippen LogP contribution is -2.60. The maximum absolute atomic E-state index is 14.4. The normalized spacial score (nSPS) is 14.8. The topological polar surface area (TPSA) is 426 Å². The van der Waals surface area contributed by atoms with Crippen LogP contribution >= 0.6 is 12.4 Å². The maximum Gasteiger partial charge on any atom is 0.408 e. The largest absolute Gasteiger partial charge is 0.508 e. The number of amides is 10. The second kappa shape index (κ2) is 34.7. The molecule has 0 aliphatic carbocycles. The zero-order chi connectivity index (χ0) is 62.2. The zero-order valence-corrected chi connectivity index (χ0v) is 49.4. The third kappa shape index (κ3) is 22.5. The number of aliphatic hydroxyl groups is 1. The van der Waals surface area contributed by atoms with Crippen molar-refractivity contribution >= 4 is 88.5 Å². The molecular formula is C58H81ClN14O13. The van der Waals surface area contributed by atoms with Crippen LogP contribution in [-0.2, 0) is 67.3 Å². The van der Waals surface area contributed by atoms with E-state index >= 15 is 0 Å². The number of alkyl carbamates (subject to hydrolysis) is 1. The number of halogens is 1. The summed E-state index contributed by atoms with van der Waals surface area (Å²) >= 11 is 0. The summed E-state index contributed by atoms with van der Waals surface area (Å²) in [6.07, 6.45) is 1.63. The van der Waals surface area contributed by atoms with E-state index in [2.05, 4.69) is 52.5 Å². The number of phenols is 1. The fourth-order valence-corrected chi connectivity index (χ4v) is 9.50. The number of phenolic OH excluding ortho intramolecular Hbond substituents is 1. The summed E-state index contributed by atoms with van der Waals surface area (Å²) in [6.45, 7) is 5.30. The lowest BCUT2D eigenvalue weighted by molar-refractivity contribution is -0.142. The Morgan fingerprint density at radius 3 is 1.87 bits per heavy atom. The number of carbonyl (C=O) groups excluding carboxylic acids is 10. The molecule has 1 saturated heterocycles. The van der Waals surface area contributed by atoms with Crippen molar-refractivity contribution in [1.82, 2.24) is 52.4 Å². The van der Waals surface area contributed by atoms with Gasteiger partial charge in [-0.15, -0.1) is 12.4 Å². The number of nitrogens with two attached hydrogens (primary N) is 3. The number of primary amides is 1. The number of aromatic nitrogens is 1. The Bertz CT molecular complexity index is 2980. The highest BCUT2D eigenvalue weighted by atomic mass is 35.5. The molecule has 10 amide bonds. The van der Waals surface area contributed by atoms with Crippen molar-refractivity contribution in [2.45, 2.75) is 128 Å². The van der Waals surface area contributed by atoms with Crippen molar-refractivity contribution < 1.29 is 62.9 Å². The number of aromatic amines is 1. The number of hydrogen-bond acceptors (Lipinski definition) is 14. The van der Waals surface area contributed by atoms with Crippen molar-refractivity contribution in [3.8, 4) is 5.75 Å². The Balaban J connectivity index is 0.0000158. The first-order valence-corrected chi connectivity index (χ1v) is 28.1. The Kier molecular flexibility index (Phi) is 28.1. The summed E-state index contributed by atoms with van der Waals surface area (Å²) in [4.78, 5) is 145. The Morgan fingerprint density at radius 2 is 1.24 bits per heavy atom. The molecule has 0 unspecified atom stereocenters. The summed E-state index contributed by atoms with van der Waals surface area (Å²) in [7, 11) is 0. The number of nitrogens with zero attached hydrogens (tertiary/aromatic N) is 2. The average molecular weight is 1220 g/mol. The molecule has 3 aromatic carbocycles. The molecule has 17 N–H and O–H groups in total. The Hall–Kier alpha value is -8.98. The molecule has 1 aliphatic heterocycles. The number of aliphatic imine (C=N–C) groups is 1. The van der Waals surface area contributed by atoms with E-state index in [-0.39, 0.29) is 101 Å². The van der Waals surface area contributed by atoms with Crippen LogP contribution in [0.4, 0.5) is 4.79 Å². The van der Waals surface area contributed by atoms with Gasteiger partial charge in [-0.2, -0.15) is 0 Å². The minimum absolute atomic E-state index is 0. The predicted octanol–water partition coefficient (Wildman–Crippen LogP) is -0.354. The van der Waals surface area contributed by atoms with Crippen LogP contribution in [-0.4, -0.2) is 160 Å². The number of H-pyrrole nitrogens is 1. The van der Waals surface area contributed by atoms with Gasteiger partial charge >= 0.3 is 6.09 Å². The molecule has 27 nitrogen and oxygen atoms in total. The van der Waals surface area contributed by atoms with E-state index in [4.69, 9.17) is 21.9 Å². The SMILES string of the molecule is CC(C)C[C@H](NC(=O)CNC(=O)[C@H](Cc1ccc(O)cc1)NC(=O)[C@H](CO)NC(=O)[C@H](Cc1c[nH]c2ccccc12)NC(=O)[C@H](CC(C)C)NC(=O)OCc1ccccc1)C(=O)N[C@@H](CCCN=C(N)N)C(=O)N1CCC[C@H]1C(=O)NCC(N)=O.Cl. The predicted molar refractivity (Wildman–Crippen MR) is 320 cm³/mol. The number of benzene rings is 3. The Labute approximate surface area is 504 Å². The molecule has 0 bridgehead atoms. The fraction of sp³-hybridized carbons (Fsp3) is 0.466. The smallest absolute Gasteiger partial charge is 0.408 e. The van der Waals surface area contributed by atoms with Crippen LogP contribution in [0.3, 0.4) is 0 Å². The zero-order valence-electron chi connectivity index (χ0n) is 48.6. The number of guanidine groups is 1. The van der Waals surface area contributed by atoms with E-state index in [1.165, 1.54) is 29.2 Å². The molecule has 0 spiro atoms. The first kappa shape index (κ1) is 69.5. The first-order chi connectivity index (χ1) is 40.5. The highest BCUT2D eigenvalue weighted by molar-refractivity contribution is 5.98. The van der Waals surface area contributed by atoms with Gasteiger partial charge in [0.1, 0.15) is 54.6 Å². The van der Waals surface area contributed by atoms with Gasteiger partial charge in [0.25, 0.3) is 0 Å². The minimum Gasteiger partial charge on any atom is -0.508 e. The molecule has 5 rings (SSSR count). The second-order valence-corrected chi connectivity index (χ2v) is 21.5. The number of ether oxygens (including phenoxy) is 1. The van der Waals surface area contributed by atoms with E-state index in [1.807, 2.05) is 38.1 Å². The van der Waals surface area contributed by atoms with Gasteiger partial charge in [0.2, 0.25) is 53.2 Å². The molecule has 28 heteroatoms. The van der Waals surface area contributed by atoms with Gasteiger partial charge in [-0.25, -0.2) is 4.79 Å². The van der Waals surface area contributed by atoms with E-state index in [9.17, 15) is 58.2 Å². The van der Waals surface area contributed by atoms with E-state index in [0.29, 0.717) is 23.1 Å². The van der Waals surface area contributed by atoms with Gasteiger partial charge in [-0.05, 0) is 85.3 Å². The molecule has 7 atom stereocenters. The van der Waals surface area contributed by atoms with Crippen LogP contribution in [0.15, 0.2) is 90.1 Å². The van der Waals surface area contributed by atoms with Gasteiger partial charge < -0.3 is 84.6 Å². The van der Waals surface area contributed by atoms with E-state index < -0.39 is 121 Å². The highest BCUT2D eigenvalue weighted by Crippen LogP contribution is 2.22. The summed E-state index contributed by atoms with van der Waals surface area (Å²) < 4.78 is 5.39. The molecular weight excluding hydrogens is 1140 g/mol. The minimum atomic E-state index is -1.72. The molecule has 2 heterocycles. The van der Waals surface area contributed by atoms with Crippen LogP contribution in [0.2, 0.25) is 0 Å². The number of para-hydroxylation sites is 1. The number of aromatic hydroxyl groups is 1. The van der Waals surface area contributed by atoms with Gasteiger partial charge in [0.15, 0.2) is 5.96 Å². The summed E-state index contributed by atoms with van der Waals surface area (Å²) in [5, 5.41) is 42.0. The maximum atomic E-state index is 14.4. The Morgan fingerprint density at radius 1 is 0.663 bits per heavy atom. The van der Waals surface area contributed by atoms with Gasteiger partial charge in [0, 0.05) is 43.0 Å². The molecule has 86 heavy (non-hydrogen) atoms. The van der Waals surface area contributed by atoms with Crippen LogP contribution in [0.1, 0.15) is 82.9 Å². The highest BCUT2D eigenvalue weighted by Gasteiger charge is 2.39. The second-order valence-electron chi connectivity index (χ2n) is 21.5. The van der Waals surface area contributed by atoms with Crippen LogP contribution < -0.4 is 59.7 Å². The van der Waals surface area contributed by atoms with Crippen LogP contribution in [0.25, 0.3) is 10.9 Å². The molecule has 4 aromatic rings. The van der Waals surface area contributed by atoms with Gasteiger partial charge in [-0.3, -0.25) is 48.1 Å². The molecule has 1 aliphatic rings. The van der Waals surface area contributed by atoms with E-state index in [1.54, 1.807) is 50.4 Å². The molecule has 468 valence electrons. The van der Waals surface area contributed by atoms with Crippen LogP contribution in [0.5, 0.6) is 5.75 Å². The first-order valence-electron chi connectivity index (χ1n) is 28.1. The number of carbonyl (C=O) groups is 10. The van der Waals surface area contributed by atoms with Gasteiger partial charge in [-0.1, -0.05) is 88.4 Å². The number of nitrogens with one attached hydrogen (secondary N) is 9. The van der Waals surface area contributed by atoms with Crippen molar-refractivity contribution in [3.05, 3.63) is 102 Å². The molecule has 1 fully saturated rings. The summed E-state index contributed by atoms with van der Waals surface area (Å²) in [5.74, 6) is -7.77. The molecule has 0 saturated carbocycles. The molecule has 0 radical (unpaired) electrons. The number of fused-ring (bicyclic) bond motifs is 1. The van der Waals surface area contributed by atoms with Crippen molar-refractivity contribution in [2.24, 2.45) is 34.0 Å². The summed E-state index contributed by atoms with van der Waals surface area (Å²) in [5.41, 5.74) is 18.7. The third-order valence-corrected chi connectivity index (χ3v) is 13.7. The standard InChI is InChI=1S/C58H80N14O13.ClH/c1-33(2)24-42(51(78)67-41(16-10-22-62-57(60)61)56(83)72-23-11-17-47(72)55(82)64-29-48(59)75)66-49(76)30-65-50(77)44(26-35-18-20-38(74)21-19-35)68-54(81)46(31-73)70-53(80)45(27-37-28-63-40-15-9-8-14-39(37)40)69-52(79)43(25-34(3)4)71-58(84)85-32-36-12-6-5-7-13-36;/h5-9,12-15,18-21,28,33-34,41-47,63,73-74H,10-11,16-17,22-27,29-32H2,1-4H3,(H2,59,75)(H,64,82)(H,65,77)(H,66,76)(H,67,78)(H,68,81)(H,69,79)(H,70,80)(H,71,84)(H4,60,61,62);1H/t41-,42-,43-,44-,45-,46-,47-;/m0./s1. The molecule has 1 aromatic heterocycles. The lowest BCUT2D eigenvalue weighted by Gasteiger charge is -2.30. The number of likely N-dealkylation sites (tertiary alicyclic amines) is 1. The summed E-state index contributed by atoms with van der Waals surface area (Å²) in [6, 6.07) is 12.6.